The van der Waals surface area contributed by atoms with Crippen molar-refractivity contribution in [3.63, 3.8) is 0 Å². The van der Waals surface area contributed by atoms with Crippen LogP contribution in [0, 0.1) is 11.7 Å². The van der Waals surface area contributed by atoms with Gasteiger partial charge in [0.25, 0.3) is 0 Å². The van der Waals surface area contributed by atoms with Gasteiger partial charge in [0.1, 0.15) is 5.82 Å². The first kappa shape index (κ1) is 20.2. The van der Waals surface area contributed by atoms with Crippen LogP contribution in [0.3, 0.4) is 0 Å². The lowest BCUT2D eigenvalue weighted by Gasteiger charge is -2.16. The van der Waals surface area contributed by atoms with Crippen molar-refractivity contribution in [2.45, 2.75) is 19.8 Å². The van der Waals surface area contributed by atoms with E-state index in [4.69, 9.17) is 0 Å². The fraction of sp³-hybridized carbons (Fsp3) is 0.588. The topological polar surface area (TPSA) is 39.7 Å². The Morgan fingerprint density at radius 1 is 1.30 bits per heavy atom. The second-order valence-corrected chi connectivity index (χ2v) is 5.80. The van der Waals surface area contributed by atoms with Gasteiger partial charge in [0, 0.05) is 26.7 Å². The molecule has 1 fully saturated rings. The van der Waals surface area contributed by atoms with Gasteiger partial charge in [-0.3, -0.25) is 4.99 Å². The summed E-state index contributed by atoms with van der Waals surface area (Å²) in [4.78, 5) is 6.74. The van der Waals surface area contributed by atoms with Crippen LogP contribution in [0.25, 0.3) is 0 Å². The number of rotatable bonds is 6. The van der Waals surface area contributed by atoms with Gasteiger partial charge in [0.2, 0.25) is 0 Å². The lowest BCUT2D eigenvalue weighted by atomic mass is 10.1. The first-order valence-electron chi connectivity index (χ1n) is 8.12. The van der Waals surface area contributed by atoms with E-state index in [2.05, 4.69) is 27.4 Å². The number of guanidine groups is 1. The van der Waals surface area contributed by atoms with Crippen molar-refractivity contribution in [2.75, 3.05) is 39.8 Å². The fourth-order valence-electron chi connectivity index (χ4n) is 2.80. The molecule has 6 heteroatoms. The molecule has 0 bridgehead atoms. The Labute approximate surface area is 156 Å². The van der Waals surface area contributed by atoms with Gasteiger partial charge in [-0.15, -0.1) is 24.0 Å². The van der Waals surface area contributed by atoms with E-state index in [1.54, 1.807) is 7.05 Å². The Hall–Kier alpha value is -0.890. The third-order valence-electron chi connectivity index (χ3n) is 4.22. The maximum atomic E-state index is 12.8. The summed E-state index contributed by atoms with van der Waals surface area (Å²) in [6.07, 6.45) is 2.11. The second kappa shape index (κ2) is 10.8. The summed E-state index contributed by atoms with van der Waals surface area (Å²) in [5.74, 6) is 1.36. The van der Waals surface area contributed by atoms with Crippen molar-refractivity contribution in [1.82, 2.24) is 15.5 Å². The van der Waals surface area contributed by atoms with Gasteiger partial charge in [-0.2, -0.15) is 0 Å². The minimum Gasteiger partial charge on any atom is -0.356 e. The average molecular weight is 434 g/mol. The van der Waals surface area contributed by atoms with Gasteiger partial charge in [0.05, 0.1) is 0 Å². The molecule has 4 nitrogen and oxygen atoms in total. The lowest BCUT2D eigenvalue weighted by Crippen LogP contribution is -2.41. The molecule has 0 aromatic heterocycles. The Morgan fingerprint density at radius 2 is 2.04 bits per heavy atom. The molecule has 0 radical (unpaired) electrons. The number of hydrogen-bond acceptors (Lipinski definition) is 2. The van der Waals surface area contributed by atoms with Crippen LogP contribution in [0.5, 0.6) is 0 Å². The third-order valence-corrected chi connectivity index (χ3v) is 4.22. The molecule has 130 valence electrons. The molecule has 1 aliphatic heterocycles. The van der Waals surface area contributed by atoms with Gasteiger partial charge in [-0.1, -0.05) is 19.1 Å². The van der Waals surface area contributed by atoms with E-state index < -0.39 is 0 Å². The van der Waals surface area contributed by atoms with Crippen LogP contribution in [0.2, 0.25) is 0 Å². The van der Waals surface area contributed by atoms with Crippen molar-refractivity contribution in [1.29, 1.82) is 0 Å². The van der Waals surface area contributed by atoms with E-state index in [-0.39, 0.29) is 29.8 Å². The van der Waals surface area contributed by atoms with Crippen molar-refractivity contribution in [3.05, 3.63) is 35.6 Å². The molecule has 0 saturated carbocycles. The van der Waals surface area contributed by atoms with E-state index in [0.29, 0.717) is 5.92 Å². The van der Waals surface area contributed by atoms with Gasteiger partial charge < -0.3 is 15.5 Å². The van der Waals surface area contributed by atoms with E-state index >= 15 is 0 Å². The minimum absolute atomic E-state index is 0. The summed E-state index contributed by atoms with van der Waals surface area (Å²) in [6.45, 7) is 7.49. The predicted molar refractivity (Wildman–Crippen MR) is 105 cm³/mol. The molecular weight excluding hydrogens is 406 g/mol. The first-order valence-corrected chi connectivity index (χ1v) is 8.12. The number of benzene rings is 1. The molecule has 1 aliphatic rings. The predicted octanol–water partition coefficient (Wildman–Crippen LogP) is 2.49. The maximum absolute atomic E-state index is 12.8. The zero-order chi connectivity index (χ0) is 15.8. The Bertz CT molecular complexity index is 478. The maximum Gasteiger partial charge on any atom is 0.190 e. The van der Waals surface area contributed by atoms with Crippen LogP contribution in [-0.2, 0) is 6.42 Å². The van der Waals surface area contributed by atoms with E-state index in [1.807, 2.05) is 12.1 Å². The summed E-state index contributed by atoms with van der Waals surface area (Å²) in [7, 11) is 1.79. The molecular formula is C17H28FIN4. The van der Waals surface area contributed by atoms with Crippen molar-refractivity contribution < 1.29 is 4.39 Å². The monoisotopic (exact) mass is 434 g/mol. The zero-order valence-electron chi connectivity index (χ0n) is 14.0. The van der Waals surface area contributed by atoms with Crippen LogP contribution in [-0.4, -0.2) is 50.6 Å². The quantitative estimate of drug-likeness (QED) is 0.411. The molecule has 23 heavy (non-hydrogen) atoms. The molecule has 1 unspecified atom stereocenters. The Kier molecular flexibility index (Phi) is 9.47. The van der Waals surface area contributed by atoms with Crippen LogP contribution >= 0.6 is 24.0 Å². The highest BCUT2D eigenvalue weighted by Gasteiger charge is 2.20. The summed E-state index contributed by atoms with van der Waals surface area (Å²) >= 11 is 0. The summed E-state index contributed by atoms with van der Waals surface area (Å²) in [5, 5.41) is 6.72. The summed E-state index contributed by atoms with van der Waals surface area (Å²) in [5.41, 5.74) is 1.12. The molecule has 2 rings (SSSR count). The van der Waals surface area contributed by atoms with Crippen LogP contribution in [0.4, 0.5) is 4.39 Å². The molecule has 1 aromatic rings. The number of halogens is 2. The van der Waals surface area contributed by atoms with Gasteiger partial charge >= 0.3 is 0 Å². The molecule has 0 spiro atoms. The number of hydrogen-bond donors (Lipinski definition) is 2. The smallest absolute Gasteiger partial charge is 0.190 e. The fourth-order valence-corrected chi connectivity index (χ4v) is 2.80. The van der Waals surface area contributed by atoms with E-state index in [1.165, 1.54) is 31.6 Å². The molecule has 1 heterocycles. The largest absolute Gasteiger partial charge is 0.356 e. The average Bonchev–Trinajstić information content (AvgIpc) is 3.00. The molecule has 1 atom stereocenters. The molecule has 2 N–H and O–H groups in total. The lowest BCUT2D eigenvalue weighted by molar-refractivity contribution is 0.342. The van der Waals surface area contributed by atoms with Crippen molar-refractivity contribution in [3.8, 4) is 0 Å². The SMILES string of the molecule is CCN1CCC(CNC(=NC)NCCc2ccc(F)cc2)C1.I. The second-order valence-electron chi connectivity index (χ2n) is 5.80. The highest BCUT2D eigenvalue weighted by atomic mass is 127. The highest BCUT2D eigenvalue weighted by Crippen LogP contribution is 2.14. The molecule has 1 saturated heterocycles. The minimum atomic E-state index is -0.188. The third kappa shape index (κ3) is 7.03. The van der Waals surface area contributed by atoms with E-state index in [0.717, 1.165) is 37.6 Å². The van der Waals surface area contributed by atoms with E-state index in [9.17, 15) is 4.39 Å². The van der Waals surface area contributed by atoms with Gasteiger partial charge in [0.15, 0.2) is 5.96 Å². The molecule has 0 amide bonds. The first-order chi connectivity index (χ1) is 10.7. The van der Waals surface area contributed by atoms with Gasteiger partial charge in [-0.25, -0.2) is 4.39 Å². The summed E-state index contributed by atoms with van der Waals surface area (Å²) < 4.78 is 12.8. The van der Waals surface area contributed by atoms with Gasteiger partial charge in [-0.05, 0) is 49.5 Å². The molecule has 1 aromatic carbocycles. The number of aliphatic imine (C=N–C) groups is 1. The number of nitrogens with zero attached hydrogens (tertiary/aromatic N) is 2. The number of nitrogens with one attached hydrogen (secondary N) is 2. The normalized spacial score (nSPS) is 18.6. The van der Waals surface area contributed by atoms with Crippen molar-refractivity contribution >= 4 is 29.9 Å². The Morgan fingerprint density at radius 3 is 2.65 bits per heavy atom. The van der Waals surface area contributed by atoms with Crippen LogP contribution < -0.4 is 10.6 Å². The summed E-state index contributed by atoms with van der Waals surface area (Å²) in [6, 6.07) is 6.65. The molecule has 0 aliphatic carbocycles. The van der Waals surface area contributed by atoms with Crippen molar-refractivity contribution in [2.24, 2.45) is 10.9 Å². The zero-order valence-corrected chi connectivity index (χ0v) is 16.3. The van der Waals surface area contributed by atoms with Crippen LogP contribution in [0.1, 0.15) is 18.9 Å². The standard InChI is InChI=1S/C17H27FN4.HI/c1-3-22-11-9-15(13-22)12-21-17(19-2)20-10-8-14-4-6-16(18)7-5-14;/h4-7,15H,3,8-13H2,1-2H3,(H2,19,20,21);1H. The van der Waals surface area contributed by atoms with Crippen LogP contribution in [0.15, 0.2) is 29.3 Å². The highest BCUT2D eigenvalue weighted by molar-refractivity contribution is 14.0. The number of likely N-dealkylation sites (tertiary alicyclic amines) is 1. The Balaban J connectivity index is 0.00000264.